The van der Waals surface area contributed by atoms with Crippen LogP contribution in [0.1, 0.15) is 17.2 Å². The van der Waals surface area contributed by atoms with Crippen LogP contribution in [0, 0.1) is 5.82 Å². The number of aliphatic hydroxyl groups excluding tert-OH is 2. The van der Waals surface area contributed by atoms with Gasteiger partial charge in [0.05, 0.1) is 31.4 Å². The van der Waals surface area contributed by atoms with Crippen molar-refractivity contribution < 1.29 is 28.9 Å². The molecule has 1 aromatic heterocycles. The van der Waals surface area contributed by atoms with E-state index >= 15 is 0 Å². The van der Waals surface area contributed by atoms with E-state index < -0.39 is 23.5 Å². The number of aromatic nitrogens is 1. The average Bonchev–Trinajstić information content (AvgIpc) is 2.97. The molecule has 0 aliphatic carbocycles. The molecule has 2 aromatic rings. The van der Waals surface area contributed by atoms with Gasteiger partial charge in [0.2, 0.25) is 0 Å². The van der Waals surface area contributed by atoms with E-state index in [1.807, 2.05) is 0 Å². The van der Waals surface area contributed by atoms with Gasteiger partial charge in [-0.25, -0.2) is 4.39 Å². The second kappa shape index (κ2) is 8.73. The van der Waals surface area contributed by atoms with Gasteiger partial charge in [-0.1, -0.05) is 6.07 Å². The highest BCUT2D eigenvalue weighted by atomic mass is 19.1. The van der Waals surface area contributed by atoms with Crippen LogP contribution >= 0.6 is 0 Å². The van der Waals surface area contributed by atoms with E-state index in [1.165, 1.54) is 23.2 Å². The first-order chi connectivity index (χ1) is 13.5. The number of halogens is 1. The van der Waals surface area contributed by atoms with E-state index in [4.69, 9.17) is 9.84 Å². The summed E-state index contributed by atoms with van der Waals surface area (Å²) in [6, 6.07) is 7.50. The fourth-order valence-electron chi connectivity index (χ4n) is 3.09. The molecule has 1 aliphatic heterocycles. The van der Waals surface area contributed by atoms with Gasteiger partial charge in [-0.15, -0.1) is 0 Å². The zero-order valence-corrected chi connectivity index (χ0v) is 14.9. The minimum absolute atomic E-state index is 0.0876. The number of Topliss-reactive ketones (excluding diaryl/α,β-unsaturated/α-hetero) is 1. The van der Waals surface area contributed by atoms with Crippen LogP contribution in [-0.4, -0.2) is 58.2 Å². The number of pyridine rings is 1. The molecule has 2 N–H and O–H groups in total. The molecule has 3 rings (SSSR count). The Morgan fingerprint density at radius 2 is 1.93 bits per heavy atom. The zero-order chi connectivity index (χ0) is 20.1. The van der Waals surface area contributed by atoms with Crippen LogP contribution in [0.15, 0.2) is 54.4 Å². The Hall–Kier alpha value is -3.10. The van der Waals surface area contributed by atoms with Gasteiger partial charge in [-0.3, -0.25) is 14.6 Å². The number of ketones is 1. The van der Waals surface area contributed by atoms with Crippen molar-refractivity contribution in [1.29, 1.82) is 0 Å². The van der Waals surface area contributed by atoms with Crippen LogP contribution in [0.3, 0.4) is 0 Å². The normalized spacial score (nSPS) is 18.6. The number of nitrogens with zero attached hydrogens (tertiary/aromatic N) is 2. The molecule has 1 unspecified atom stereocenters. The highest BCUT2D eigenvalue weighted by Gasteiger charge is 2.45. The van der Waals surface area contributed by atoms with E-state index in [2.05, 4.69) is 4.98 Å². The van der Waals surface area contributed by atoms with Crippen LogP contribution in [0.5, 0.6) is 0 Å². The number of likely N-dealkylation sites (tertiary alicyclic amines) is 1. The molecule has 1 atom stereocenters. The molecule has 0 bridgehead atoms. The Bertz CT molecular complexity index is 883. The predicted molar refractivity (Wildman–Crippen MR) is 97.6 cm³/mol. The number of carbonyl (C=O) groups excluding carboxylic acids is 2. The van der Waals surface area contributed by atoms with Crippen LogP contribution in [-0.2, 0) is 14.3 Å². The Morgan fingerprint density at radius 3 is 2.57 bits per heavy atom. The lowest BCUT2D eigenvalue weighted by molar-refractivity contribution is -0.140. The molecular weight excluding hydrogens is 367 g/mol. The first kappa shape index (κ1) is 19.7. The maximum atomic E-state index is 13.2. The number of hydrogen-bond acceptors (Lipinski definition) is 6. The number of ether oxygens (including phenoxy) is 1. The molecule has 1 amide bonds. The zero-order valence-electron chi connectivity index (χ0n) is 14.9. The molecule has 1 saturated heterocycles. The summed E-state index contributed by atoms with van der Waals surface area (Å²) in [5.41, 5.74) is 0.684. The highest BCUT2D eigenvalue weighted by molar-refractivity contribution is 6.46. The maximum absolute atomic E-state index is 13.2. The molecule has 1 aromatic carbocycles. The van der Waals surface area contributed by atoms with Gasteiger partial charge in [0, 0.05) is 24.5 Å². The minimum atomic E-state index is -0.850. The summed E-state index contributed by atoms with van der Waals surface area (Å²) in [4.78, 5) is 30.6. The molecule has 28 heavy (non-hydrogen) atoms. The van der Waals surface area contributed by atoms with Crippen molar-refractivity contribution in [2.75, 3.05) is 26.4 Å². The summed E-state index contributed by atoms with van der Waals surface area (Å²) < 4.78 is 18.4. The van der Waals surface area contributed by atoms with Crippen LogP contribution in [0.2, 0.25) is 0 Å². The van der Waals surface area contributed by atoms with E-state index in [9.17, 15) is 19.1 Å². The lowest BCUT2D eigenvalue weighted by Crippen LogP contribution is -2.33. The Kier molecular flexibility index (Phi) is 6.13. The minimum Gasteiger partial charge on any atom is -0.507 e. The SMILES string of the molecule is O=C1C(=O)N(CCOCCO)C(c2cccnc2)C1=C(O)c1ccc(F)cc1. The molecule has 146 valence electrons. The third-order valence-corrected chi connectivity index (χ3v) is 4.37. The summed E-state index contributed by atoms with van der Waals surface area (Å²) in [6.45, 7) is 0.151. The van der Waals surface area contributed by atoms with Gasteiger partial charge < -0.3 is 19.8 Å². The first-order valence-corrected chi connectivity index (χ1v) is 8.67. The summed E-state index contributed by atoms with van der Waals surface area (Å²) in [5.74, 6) is -2.48. The Balaban J connectivity index is 2.03. The first-order valence-electron chi connectivity index (χ1n) is 8.67. The topological polar surface area (TPSA) is 100.0 Å². The fourth-order valence-corrected chi connectivity index (χ4v) is 3.09. The third-order valence-electron chi connectivity index (χ3n) is 4.37. The van der Waals surface area contributed by atoms with Crippen molar-refractivity contribution in [3.05, 3.63) is 71.3 Å². The summed E-state index contributed by atoms with van der Waals surface area (Å²) in [7, 11) is 0. The number of hydrogen-bond donors (Lipinski definition) is 2. The Morgan fingerprint density at radius 1 is 1.18 bits per heavy atom. The molecule has 1 fully saturated rings. The smallest absolute Gasteiger partial charge is 0.295 e. The third kappa shape index (κ3) is 3.92. The van der Waals surface area contributed by atoms with Gasteiger partial charge >= 0.3 is 0 Å². The number of amides is 1. The molecule has 0 saturated carbocycles. The van der Waals surface area contributed by atoms with Crippen LogP contribution in [0.25, 0.3) is 5.76 Å². The second-order valence-corrected chi connectivity index (χ2v) is 6.12. The molecule has 8 heteroatoms. The van der Waals surface area contributed by atoms with E-state index in [0.717, 1.165) is 12.1 Å². The van der Waals surface area contributed by atoms with Gasteiger partial charge in [0.15, 0.2) is 0 Å². The molecule has 0 spiro atoms. The van der Waals surface area contributed by atoms with Crippen LogP contribution in [0.4, 0.5) is 4.39 Å². The van der Waals surface area contributed by atoms with E-state index in [1.54, 1.807) is 18.3 Å². The van der Waals surface area contributed by atoms with Crippen molar-refractivity contribution >= 4 is 17.4 Å². The van der Waals surface area contributed by atoms with Crippen molar-refractivity contribution in [3.63, 3.8) is 0 Å². The second-order valence-electron chi connectivity index (χ2n) is 6.12. The molecule has 0 radical (unpaired) electrons. The predicted octanol–water partition coefficient (Wildman–Crippen LogP) is 1.65. The van der Waals surface area contributed by atoms with Crippen molar-refractivity contribution in [2.45, 2.75) is 6.04 Å². The van der Waals surface area contributed by atoms with Crippen LogP contribution < -0.4 is 0 Å². The van der Waals surface area contributed by atoms with Crippen molar-refractivity contribution in [3.8, 4) is 0 Å². The standard InChI is InChI=1S/C20H19FN2O5/c21-15-5-3-13(4-6-15)18(25)16-17(14-2-1-7-22-12-14)23(20(27)19(16)26)8-10-28-11-9-24/h1-7,12,17,24-25H,8-11H2. The van der Waals surface area contributed by atoms with Crippen molar-refractivity contribution in [1.82, 2.24) is 9.88 Å². The van der Waals surface area contributed by atoms with Gasteiger partial charge in [-0.2, -0.15) is 0 Å². The average molecular weight is 386 g/mol. The van der Waals surface area contributed by atoms with Gasteiger partial charge in [-0.05, 0) is 35.9 Å². The number of rotatable bonds is 7. The monoisotopic (exact) mass is 386 g/mol. The molecule has 7 nitrogen and oxygen atoms in total. The lowest BCUT2D eigenvalue weighted by Gasteiger charge is -2.24. The number of carbonyl (C=O) groups is 2. The molecular formula is C20H19FN2O5. The quantitative estimate of drug-likeness (QED) is 0.325. The molecule has 2 heterocycles. The summed E-state index contributed by atoms with van der Waals surface area (Å²) in [5, 5.41) is 19.5. The summed E-state index contributed by atoms with van der Waals surface area (Å²) >= 11 is 0. The largest absolute Gasteiger partial charge is 0.507 e. The number of aliphatic hydroxyl groups is 2. The summed E-state index contributed by atoms with van der Waals surface area (Å²) in [6.07, 6.45) is 3.07. The maximum Gasteiger partial charge on any atom is 0.295 e. The lowest BCUT2D eigenvalue weighted by atomic mass is 9.96. The fraction of sp³-hybridized carbons (Fsp3) is 0.250. The Labute approximate surface area is 160 Å². The van der Waals surface area contributed by atoms with Crippen molar-refractivity contribution in [2.24, 2.45) is 0 Å². The van der Waals surface area contributed by atoms with Gasteiger partial charge in [0.25, 0.3) is 11.7 Å². The molecule has 1 aliphatic rings. The van der Waals surface area contributed by atoms with Gasteiger partial charge in [0.1, 0.15) is 11.6 Å². The van der Waals surface area contributed by atoms with E-state index in [-0.39, 0.29) is 43.3 Å². The van der Waals surface area contributed by atoms with E-state index in [0.29, 0.717) is 5.56 Å². The number of benzene rings is 1. The highest BCUT2D eigenvalue weighted by Crippen LogP contribution is 2.38.